The summed E-state index contributed by atoms with van der Waals surface area (Å²) in [7, 11) is 4.17. The standard InChI is InChI=1S/C21H31NO2/c1-5-20(18-9-7-6-8-17(18)14(2)22(3)4)24-21(23)19-13-15-10-11-16(19)12-15/h6-9,14-16,19-20H,5,10-13H2,1-4H3/t14-,15-,16+,19-,20+/m1/s1. The van der Waals surface area contributed by atoms with Crippen LogP contribution in [0.4, 0.5) is 0 Å². The minimum absolute atomic E-state index is 0.0429. The number of hydrogen-bond donors (Lipinski definition) is 0. The summed E-state index contributed by atoms with van der Waals surface area (Å²) in [4.78, 5) is 15.0. The van der Waals surface area contributed by atoms with Gasteiger partial charge in [0.15, 0.2) is 0 Å². The van der Waals surface area contributed by atoms with Crippen LogP contribution in [0.25, 0.3) is 0 Å². The number of benzene rings is 1. The van der Waals surface area contributed by atoms with Crippen molar-refractivity contribution in [1.29, 1.82) is 0 Å². The fourth-order valence-electron chi connectivity index (χ4n) is 4.59. The molecule has 0 amide bonds. The molecule has 3 heteroatoms. The van der Waals surface area contributed by atoms with Gasteiger partial charge in [0, 0.05) is 6.04 Å². The monoisotopic (exact) mass is 329 g/mol. The highest BCUT2D eigenvalue weighted by Crippen LogP contribution is 2.49. The van der Waals surface area contributed by atoms with E-state index in [4.69, 9.17) is 4.74 Å². The van der Waals surface area contributed by atoms with Crippen molar-refractivity contribution in [2.24, 2.45) is 17.8 Å². The highest BCUT2D eigenvalue weighted by Gasteiger charge is 2.44. The number of hydrogen-bond acceptors (Lipinski definition) is 3. The minimum atomic E-state index is -0.129. The first-order valence-electron chi connectivity index (χ1n) is 9.47. The molecule has 0 aromatic heterocycles. The summed E-state index contributed by atoms with van der Waals surface area (Å²) in [6, 6.07) is 8.71. The van der Waals surface area contributed by atoms with Gasteiger partial charge in [0.25, 0.3) is 0 Å². The van der Waals surface area contributed by atoms with Gasteiger partial charge in [0.05, 0.1) is 5.92 Å². The van der Waals surface area contributed by atoms with Crippen LogP contribution in [-0.4, -0.2) is 25.0 Å². The van der Waals surface area contributed by atoms with E-state index in [0.29, 0.717) is 12.0 Å². The van der Waals surface area contributed by atoms with Crippen LogP contribution in [0.15, 0.2) is 24.3 Å². The van der Waals surface area contributed by atoms with Gasteiger partial charge in [0.1, 0.15) is 6.10 Å². The van der Waals surface area contributed by atoms with Gasteiger partial charge in [0.2, 0.25) is 0 Å². The Morgan fingerprint density at radius 1 is 1.21 bits per heavy atom. The number of esters is 1. The maximum Gasteiger partial charge on any atom is 0.309 e. The number of rotatable bonds is 6. The summed E-state index contributed by atoms with van der Waals surface area (Å²) in [5.74, 6) is 1.54. The van der Waals surface area contributed by atoms with E-state index >= 15 is 0 Å². The zero-order valence-corrected chi connectivity index (χ0v) is 15.5. The van der Waals surface area contributed by atoms with E-state index in [0.717, 1.165) is 24.3 Å². The van der Waals surface area contributed by atoms with E-state index < -0.39 is 0 Å². The zero-order valence-electron chi connectivity index (χ0n) is 15.5. The molecular formula is C21H31NO2. The van der Waals surface area contributed by atoms with E-state index in [2.05, 4.69) is 57.1 Å². The lowest BCUT2D eigenvalue weighted by molar-refractivity contribution is -0.156. The smallest absolute Gasteiger partial charge is 0.309 e. The Hall–Kier alpha value is -1.35. The number of fused-ring (bicyclic) bond motifs is 2. The van der Waals surface area contributed by atoms with Crippen molar-refractivity contribution in [1.82, 2.24) is 4.90 Å². The maximum atomic E-state index is 12.8. The van der Waals surface area contributed by atoms with Gasteiger partial charge < -0.3 is 9.64 Å². The fourth-order valence-corrected chi connectivity index (χ4v) is 4.59. The summed E-state index contributed by atoms with van der Waals surface area (Å²) in [6.07, 6.45) is 5.52. The highest BCUT2D eigenvalue weighted by molar-refractivity contribution is 5.73. The van der Waals surface area contributed by atoms with Crippen molar-refractivity contribution < 1.29 is 9.53 Å². The average molecular weight is 329 g/mol. The van der Waals surface area contributed by atoms with Crippen molar-refractivity contribution in [2.45, 2.75) is 58.1 Å². The van der Waals surface area contributed by atoms with Crippen LogP contribution in [0.2, 0.25) is 0 Å². The van der Waals surface area contributed by atoms with Crippen molar-refractivity contribution >= 4 is 5.97 Å². The molecule has 2 aliphatic carbocycles. The predicted octanol–water partition coefficient (Wildman–Crippen LogP) is 4.74. The molecule has 5 atom stereocenters. The molecule has 1 aromatic rings. The summed E-state index contributed by atoms with van der Waals surface area (Å²) in [6.45, 7) is 4.30. The summed E-state index contributed by atoms with van der Waals surface area (Å²) < 4.78 is 6.04. The Kier molecular flexibility index (Phi) is 5.29. The second kappa shape index (κ2) is 7.26. The highest BCUT2D eigenvalue weighted by atomic mass is 16.5. The van der Waals surface area contributed by atoms with Crippen LogP contribution in [0, 0.1) is 17.8 Å². The summed E-state index contributed by atoms with van der Waals surface area (Å²) >= 11 is 0. The van der Waals surface area contributed by atoms with Crippen molar-refractivity contribution in [3.63, 3.8) is 0 Å². The summed E-state index contributed by atoms with van der Waals surface area (Å²) in [5, 5.41) is 0. The fraction of sp³-hybridized carbons (Fsp3) is 0.667. The molecule has 2 saturated carbocycles. The van der Waals surface area contributed by atoms with Crippen LogP contribution >= 0.6 is 0 Å². The third-order valence-corrected chi connectivity index (χ3v) is 6.24. The molecule has 0 aliphatic heterocycles. The number of ether oxygens (including phenoxy) is 1. The van der Waals surface area contributed by atoms with Crippen molar-refractivity contribution in [2.75, 3.05) is 14.1 Å². The van der Waals surface area contributed by atoms with Gasteiger partial charge in [-0.15, -0.1) is 0 Å². The van der Waals surface area contributed by atoms with Gasteiger partial charge in [-0.25, -0.2) is 0 Å². The molecular weight excluding hydrogens is 298 g/mol. The Morgan fingerprint density at radius 3 is 2.46 bits per heavy atom. The number of carbonyl (C=O) groups excluding carboxylic acids is 1. The lowest BCUT2D eigenvalue weighted by Crippen LogP contribution is -2.26. The molecule has 2 aliphatic rings. The lowest BCUT2D eigenvalue weighted by Gasteiger charge is -2.28. The van der Waals surface area contributed by atoms with E-state index in [1.54, 1.807) is 0 Å². The first-order chi connectivity index (χ1) is 11.5. The molecule has 3 rings (SSSR count). The summed E-state index contributed by atoms with van der Waals surface area (Å²) in [5.41, 5.74) is 2.42. The zero-order chi connectivity index (χ0) is 17.3. The molecule has 0 spiro atoms. The second-order valence-corrected chi connectivity index (χ2v) is 7.88. The first-order valence-corrected chi connectivity index (χ1v) is 9.47. The van der Waals surface area contributed by atoms with Gasteiger partial charge in [-0.2, -0.15) is 0 Å². The van der Waals surface area contributed by atoms with Crippen molar-refractivity contribution in [3.8, 4) is 0 Å². The Labute approximate surface area is 146 Å². The van der Waals surface area contributed by atoms with Crippen molar-refractivity contribution in [3.05, 3.63) is 35.4 Å². The quantitative estimate of drug-likeness (QED) is 0.706. The minimum Gasteiger partial charge on any atom is -0.457 e. The SMILES string of the molecule is CC[C@H](OC(=O)[C@@H]1C[C@@H]2CC[C@H]1C2)c1ccccc1[C@@H](C)N(C)C. The van der Waals surface area contributed by atoms with E-state index in [1.807, 2.05) is 0 Å². The molecule has 132 valence electrons. The van der Waals surface area contributed by atoms with Gasteiger partial charge in [-0.1, -0.05) is 37.6 Å². The number of nitrogens with zero attached hydrogens (tertiary/aromatic N) is 1. The lowest BCUT2D eigenvalue weighted by atomic mass is 9.89. The van der Waals surface area contributed by atoms with Crippen LogP contribution in [-0.2, 0) is 9.53 Å². The van der Waals surface area contributed by atoms with E-state index in [9.17, 15) is 4.79 Å². The first kappa shape index (κ1) is 17.5. The molecule has 0 N–H and O–H groups in total. The van der Waals surface area contributed by atoms with Gasteiger partial charge in [-0.05, 0) is 69.7 Å². The molecule has 0 unspecified atom stereocenters. The van der Waals surface area contributed by atoms with Crippen LogP contribution in [0.5, 0.6) is 0 Å². The Bertz CT molecular complexity index is 583. The topological polar surface area (TPSA) is 29.5 Å². The van der Waals surface area contributed by atoms with Gasteiger partial charge >= 0.3 is 5.97 Å². The van der Waals surface area contributed by atoms with E-state index in [1.165, 1.54) is 24.8 Å². The normalized spacial score (nSPS) is 28.1. The van der Waals surface area contributed by atoms with E-state index in [-0.39, 0.29) is 18.0 Å². The molecule has 24 heavy (non-hydrogen) atoms. The van der Waals surface area contributed by atoms with Crippen LogP contribution in [0.1, 0.15) is 69.2 Å². The molecule has 3 nitrogen and oxygen atoms in total. The maximum absolute atomic E-state index is 12.8. The Morgan fingerprint density at radius 2 is 1.92 bits per heavy atom. The van der Waals surface area contributed by atoms with Crippen LogP contribution in [0.3, 0.4) is 0 Å². The molecule has 1 aromatic carbocycles. The largest absolute Gasteiger partial charge is 0.457 e. The molecule has 2 bridgehead atoms. The molecule has 0 radical (unpaired) electrons. The average Bonchev–Trinajstić information content (AvgIpc) is 3.22. The molecule has 2 fully saturated rings. The third kappa shape index (κ3) is 3.37. The molecule has 0 heterocycles. The third-order valence-electron chi connectivity index (χ3n) is 6.24. The molecule has 0 saturated heterocycles. The van der Waals surface area contributed by atoms with Crippen LogP contribution < -0.4 is 0 Å². The number of carbonyl (C=O) groups is 1. The van der Waals surface area contributed by atoms with Gasteiger partial charge in [-0.3, -0.25) is 4.79 Å². The predicted molar refractivity (Wildman–Crippen MR) is 96.6 cm³/mol. The second-order valence-electron chi connectivity index (χ2n) is 7.88. The Balaban J connectivity index is 1.76.